The van der Waals surface area contributed by atoms with Gasteiger partial charge in [0.15, 0.2) is 17.7 Å². The summed E-state index contributed by atoms with van der Waals surface area (Å²) in [6.07, 6.45) is -2.94. The van der Waals surface area contributed by atoms with Crippen molar-refractivity contribution >= 4 is 22.9 Å². The molecular weight excluding hydrogens is 294 g/mol. The molecule has 0 amide bonds. The van der Waals surface area contributed by atoms with Crippen LogP contribution in [0.15, 0.2) is 6.33 Å². The van der Waals surface area contributed by atoms with Crippen LogP contribution in [-0.2, 0) is 4.74 Å². The van der Waals surface area contributed by atoms with E-state index in [1.165, 1.54) is 15.9 Å². The number of ether oxygens (including phenoxy) is 1. The maximum atomic E-state index is 10.1. The van der Waals surface area contributed by atoms with E-state index in [2.05, 4.69) is 15.0 Å². The third-order valence-corrected chi connectivity index (χ3v) is 3.54. The first-order valence-corrected chi connectivity index (χ1v) is 6.55. The number of hydrazine groups is 1. The van der Waals surface area contributed by atoms with Gasteiger partial charge in [-0.05, 0) is 0 Å². The molecule has 0 bridgehead atoms. The number of rotatable bonds is 3. The van der Waals surface area contributed by atoms with Crippen molar-refractivity contribution in [3.8, 4) is 0 Å². The van der Waals surface area contributed by atoms with Gasteiger partial charge in [0, 0.05) is 7.05 Å². The van der Waals surface area contributed by atoms with Crippen LogP contribution in [0, 0.1) is 0 Å². The molecule has 4 atom stereocenters. The normalized spacial score (nSPS) is 28.4. The number of aliphatic hydroxyl groups excluding tert-OH is 3. The van der Waals surface area contributed by atoms with Gasteiger partial charge < -0.3 is 25.8 Å². The summed E-state index contributed by atoms with van der Waals surface area (Å²) < 4.78 is 6.88. The maximum absolute atomic E-state index is 10.1. The van der Waals surface area contributed by atoms with Crippen molar-refractivity contribution in [1.82, 2.24) is 19.5 Å². The Morgan fingerprint density at radius 2 is 2.09 bits per heavy atom. The van der Waals surface area contributed by atoms with Crippen LogP contribution >= 0.6 is 0 Å². The zero-order valence-corrected chi connectivity index (χ0v) is 11.7. The van der Waals surface area contributed by atoms with Gasteiger partial charge in [0.1, 0.15) is 23.8 Å². The van der Waals surface area contributed by atoms with E-state index in [0.717, 1.165) is 0 Å². The number of hydrogen-bond acceptors (Lipinski definition) is 10. The molecule has 0 spiro atoms. The molecule has 3 rings (SSSR count). The highest BCUT2D eigenvalue weighted by Crippen LogP contribution is 2.32. The van der Waals surface area contributed by atoms with Gasteiger partial charge in [-0.1, -0.05) is 0 Å². The lowest BCUT2D eigenvalue weighted by Gasteiger charge is -2.17. The van der Waals surface area contributed by atoms with E-state index in [9.17, 15) is 10.2 Å². The van der Waals surface area contributed by atoms with E-state index >= 15 is 0 Å². The molecule has 120 valence electrons. The number of imidazole rings is 1. The molecule has 1 fully saturated rings. The van der Waals surface area contributed by atoms with Crippen LogP contribution in [0.2, 0.25) is 0 Å². The summed E-state index contributed by atoms with van der Waals surface area (Å²) in [6, 6.07) is 0. The van der Waals surface area contributed by atoms with Gasteiger partial charge in [0.25, 0.3) is 0 Å². The summed E-state index contributed by atoms with van der Waals surface area (Å²) in [4.78, 5) is 12.3. The molecule has 0 unspecified atom stereocenters. The predicted octanol–water partition coefficient (Wildman–Crippen LogP) is -2.67. The Hall–Kier alpha value is -2.05. The Labute approximate surface area is 124 Å². The first kappa shape index (κ1) is 14.9. The zero-order chi connectivity index (χ0) is 16.0. The molecule has 2 aromatic rings. The number of aromatic nitrogens is 4. The van der Waals surface area contributed by atoms with Crippen molar-refractivity contribution in [1.29, 1.82) is 0 Å². The molecule has 1 aliphatic rings. The van der Waals surface area contributed by atoms with Crippen LogP contribution < -0.4 is 16.6 Å². The molecule has 2 aromatic heterocycles. The molecule has 11 heteroatoms. The molecule has 7 N–H and O–H groups in total. The van der Waals surface area contributed by atoms with Gasteiger partial charge in [-0.25, -0.2) is 10.8 Å². The molecule has 22 heavy (non-hydrogen) atoms. The minimum Gasteiger partial charge on any atom is -0.394 e. The van der Waals surface area contributed by atoms with Crippen LogP contribution in [0.4, 0.5) is 11.8 Å². The number of fused-ring (bicyclic) bond motifs is 1. The first-order chi connectivity index (χ1) is 10.4. The van der Waals surface area contributed by atoms with Crippen molar-refractivity contribution in [2.75, 3.05) is 24.4 Å². The summed E-state index contributed by atoms with van der Waals surface area (Å²) in [5, 5.41) is 30.3. The van der Waals surface area contributed by atoms with Gasteiger partial charge in [-0.3, -0.25) is 9.58 Å². The van der Waals surface area contributed by atoms with Gasteiger partial charge in [-0.2, -0.15) is 9.97 Å². The smallest absolute Gasteiger partial charge is 0.243 e. The first-order valence-electron chi connectivity index (χ1n) is 6.55. The molecule has 0 radical (unpaired) electrons. The highest BCUT2D eigenvalue weighted by molar-refractivity contribution is 5.83. The van der Waals surface area contributed by atoms with Crippen molar-refractivity contribution in [3.63, 3.8) is 0 Å². The van der Waals surface area contributed by atoms with E-state index in [4.69, 9.17) is 21.4 Å². The summed E-state index contributed by atoms with van der Waals surface area (Å²) in [5.41, 5.74) is 6.44. The Balaban J connectivity index is 2.08. The van der Waals surface area contributed by atoms with E-state index < -0.39 is 31.1 Å². The minimum absolute atomic E-state index is 0.128. The molecule has 0 saturated carbocycles. The van der Waals surface area contributed by atoms with Gasteiger partial charge >= 0.3 is 0 Å². The largest absolute Gasteiger partial charge is 0.394 e. The SMILES string of the molecule is CN(N)c1nc(N)c2ncn([C@@H]3O[C@H](CO)[C@@H](O)[C@H]3O)c2n1. The predicted molar refractivity (Wildman–Crippen MR) is 75.3 cm³/mol. The van der Waals surface area contributed by atoms with Crippen LogP contribution in [0.25, 0.3) is 11.2 Å². The van der Waals surface area contributed by atoms with E-state index in [0.29, 0.717) is 11.2 Å². The van der Waals surface area contributed by atoms with Crippen LogP contribution in [-0.4, -0.2) is 66.8 Å². The molecule has 1 aliphatic heterocycles. The van der Waals surface area contributed by atoms with Gasteiger partial charge in [0.05, 0.1) is 12.9 Å². The molecular formula is C11H17N7O4. The number of nitrogen functional groups attached to an aromatic ring is 1. The molecule has 3 heterocycles. The maximum Gasteiger partial charge on any atom is 0.243 e. The number of anilines is 2. The third-order valence-electron chi connectivity index (χ3n) is 3.54. The average molecular weight is 311 g/mol. The lowest BCUT2D eigenvalue weighted by molar-refractivity contribution is -0.0511. The van der Waals surface area contributed by atoms with Crippen molar-refractivity contribution in [3.05, 3.63) is 6.33 Å². The van der Waals surface area contributed by atoms with Crippen molar-refractivity contribution in [2.24, 2.45) is 5.84 Å². The summed E-state index contributed by atoms with van der Waals surface area (Å²) >= 11 is 0. The highest BCUT2D eigenvalue weighted by Gasteiger charge is 2.44. The van der Waals surface area contributed by atoms with E-state index in [1.54, 1.807) is 7.05 Å². The van der Waals surface area contributed by atoms with E-state index in [-0.39, 0.29) is 11.8 Å². The number of nitrogens with zero attached hydrogens (tertiary/aromatic N) is 5. The quantitative estimate of drug-likeness (QED) is 0.297. The fraction of sp³-hybridized carbons (Fsp3) is 0.545. The van der Waals surface area contributed by atoms with Crippen LogP contribution in [0.1, 0.15) is 6.23 Å². The Morgan fingerprint density at radius 1 is 1.36 bits per heavy atom. The summed E-state index contributed by atoms with van der Waals surface area (Å²) in [7, 11) is 1.55. The van der Waals surface area contributed by atoms with E-state index in [1.807, 2.05) is 0 Å². The molecule has 1 saturated heterocycles. The Morgan fingerprint density at radius 3 is 2.68 bits per heavy atom. The second-order valence-corrected chi connectivity index (χ2v) is 5.07. The minimum atomic E-state index is -1.25. The van der Waals surface area contributed by atoms with Crippen LogP contribution in [0.3, 0.4) is 0 Å². The fourth-order valence-corrected chi connectivity index (χ4v) is 2.38. The Kier molecular flexibility index (Phi) is 3.58. The second kappa shape index (κ2) is 5.30. The second-order valence-electron chi connectivity index (χ2n) is 5.07. The molecule has 0 aliphatic carbocycles. The number of aliphatic hydroxyl groups is 3. The number of nitrogens with two attached hydrogens (primary N) is 2. The average Bonchev–Trinajstić information content (AvgIpc) is 3.02. The van der Waals surface area contributed by atoms with Crippen molar-refractivity contribution in [2.45, 2.75) is 24.5 Å². The Bertz CT molecular complexity index is 690. The van der Waals surface area contributed by atoms with Crippen LogP contribution in [0.5, 0.6) is 0 Å². The lowest BCUT2D eigenvalue weighted by Crippen LogP contribution is -2.33. The highest BCUT2D eigenvalue weighted by atomic mass is 16.6. The summed E-state index contributed by atoms with van der Waals surface area (Å²) in [5.74, 6) is 5.90. The zero-order valence-electron chi connectivity index (χ0n) is 11.7. The lowest BCUT2D eigenvalue weighted by atomic mass is 10.1. The third kappa shape index (κ3) is 2.15. The molecule has 11 nitrogen and oxygen atoms in total. The van der Waals surface area contributed by atoms with Gasteiger partial charge in [-0.15, -0.1) is 0 Å². The standard InChI is InChI=1S/C11H17N7O4/c1-17(13)11-15-8(12)5-9(16-11)18(3-14-5)10-7(21)6(20)4(2-19)22-10/h3-4,6-7,10,19-21H,2,13H2,1H3,(H2,12,15,16)/t4-,6-,7-,10-/m1/s1. The van der Waals surface area contributed by atoms with Crippen molar-refractivity contribution < 1.29 is 20.1 Å². The fourth-order valence-electron chi connectivity index (χ4n) is 2.38. The monoisotopic (exact) mass is 311 g/mol. The van der Waals surface area contributed by atoms with Gasteiger partial charge in [0.2, 0.25) is 5.95 Å². The number of hydrogen-bond donors (Lipinski definition) is 5. The topological polar surface area (TPSA) is 169 Å². The molecule has 0 aromatic carbocycles. The summed E-state index contributed by atoms with van der Waals surface area (Å²) in [6.45, 7) is -0.421.